The minimum Gasteiger partial charge on any atom is -0.507 e. The molecule has 0 radical (unpaired) electrons. The maximum absolute atomic E-state index is 10.7. The second kappa shape index (κ2) is 9.18. The number of anilines is 1. The molecule has 3 N–H and O–H groups in total. The molecule has 162 valence electrons. The molecular weight excluding hydrogens is 418 g/mol. The van der Waals surface area contributed by atoms with Crippen LogP contribution in [0.25, 0.3) is 22.3 Å². The van der Waals surface area contributed by atoms with Crippen molar-refractivity contribution in [3.05, 3.63) is 72.3 Å². The van der Waals surface area contributed by atoms with Gasteiger partial charge in [0.05, 0.1) is 17.0 Å². The number of nitrogens with one attached hydrogen (secondary N) is 1. The molecule has 4 aromatic rings. The molecule has 32 heavy (non-hydrogen) atoms. The fourth-order valence-electron chi connectivity index (χ4n) is 4.22. The molecule has 0 saturated heterocycles. The molecule has 1 aliphatic rings. The average Bonchev–Trinajstić information content (AvgIpc) is 3.34. The number of nitrogens with zero attached hydrogens (tertiary/aromatic N) is 2. The molecule has 0 atom stereocenters. The van der Waals surface area contributed by atoms with Crippen LogP contribution < -0.4 is 5.32 Å². The zero-order chi connectivity index (χ0) is 21.9. The standard InChI is InChI=1S/C26H25N3O2S/c30-16-17-8-1-6-15-23(17)32-24-20(12-7-14-22(24)31)26-28-21-13-5-4-11-19(21)25(29-26)27-18-9-2-3-10-18/h1,4-8,11-15,18,30-31H,2-3,9-10,16H2,(H,27,28,29). The fraction of sp³-hybridized carbons (Fsp3) is 0.231. The Morgan fingerprint density at radius 1 is 0.906 bits per heavy atom. The molecule has 6 heteroatoms. The number of phenolic OH excluding ortho intramolecular Hbond substituents is 1. The van der Waals surface area contributed by atoms with Crippen molar-refractivity contribution in [1.29, 1.82) is 0 Å². The summed E-state index contributed by atoms with van der Waals surface area (Å²) in [4.78, 5) is 11.3. The van der Waals surface area contributed by atoms with Crippen molar-refractivity contribution in [2.75, 3.05) is 5.32 Å². The number of hydrogen-bond donors (Lipinski definition) is 3. The smallest absolute Gasteiger partial charge is 0.163 e. The topological polar surface area (TPSA) is 78.3 Å². The summed E-state index contributed by atoms with van der Waals surface area (Å²) >= 11 is 1.42. The minimum atomic E-state index is -0.0615. The van der Waals surface area contributed by atoms with E-state index in [4.69, 9.17) is 9.97 Å². The first-order chi connectivity index (χ1) is 15.7. The van der Waals surface area contributed by atoms with Gasteiger partial charge in [-0.1, -0.05) is 61.0 Å². The van der Waals surface area contributed by atoms with Crippen LogP contribution >= 0.6 is 11.8 Å². The summed E-state index contributed by atoms with van der Waals surface area (Å²) < 4.78 is 0. The van der Waals surface area contributed by atoms with Gasteiger partial charge >= 0.3 is 0 Å². The van der Waals surface area contributed by atoms with Crippen LogP contribution in [0.3, 0.4) is 0 Å². The summed E-state index contributed by atoms with van der Waals surface area (Å²) in [5.41, 5.74) is 2.45. The van der Waals surface area contributed by atoms with Gasteiger partial charge in [-0.15, -0.1) is 0 Å². The maximum Gasteiger partial charge on any atom is 0.163 e. The van der Waals surface area contributed by atoms with E-state index in [1.807, 2.05) is 60.7 Å². The number of aromatic nitrogens is 2. The third-order valence-corrected chi connectivity index (χ3v) is 7.14. The van der Waals surface area contributed by atoms with Gasteiger partial charge in [0.1, 0.15) is 11.6 Å². The summed E-state index contributed by atoms with van der Waals surface area (Å²) in [6.07, 6.45) is 4.79. The van der Waals surface area contributed by atoms with Gasteiger partial charge in [0.2, 0.25) is 0 Å². The molecule has 3 aromatic carbocycles. The van der Waals surface area contributed by atoms with Crippen LogP contribution in [0.15, 0.2) is 76.5 Å². The van der Waals surface area contributed by atoms with Crippen LogP contribution in [0.5, 0.6) is 5.75 Å². The number of aliphatic hydroxyl groups is 1. The highest BCUT2D eigenvalue weighted by atomic mass is 32.2. The number of phenols is 1. The highest BCUT2D eigenvalue weighted by Gasteiger charge is 2.20. The Balaban J connectivity index is 1.62. The summed E-state index contributed by atoms with van der Waals surface area (Å²) in [6, 6.07) is 21.5. The quantitative estimate of drug-likeness (QED) is 0.339. The SMILES string of the molecule is OCc1ccccc1Sc1c(O)cccc1-c1nc(NC2CCCC2)c2ccccc2n1. The van der Waals surface area contributed by atoms with Crippen molar-refractivity contribution in [1.82, 2.24) is 9.97 Å². The molecule has 1 aliphatic carbocycles. The van der Waals surface area contributed by atoms with E-state index in [1.54, 1.807) is 6.07 Å². The summed E-state index contributed by atoms with van der Waals surface area (Å²) in [5, 5.41) is 25.1. The van der Waals surface area contributed by atoms with Crippen LogP contribution in [0.4, 0.5) is 5.82 Å². The third kappa shape index (κ3) is 4.16. The van der Waals surface area contributed by atoms with Crippen molar-refractivity contribution in [3.63, 3.8) is 0 Å². The number of fused-ring (bicyclic) bond motifs is 1. The number of para-hydroxylation sites is 1. The second-order valence-corrected chi connectivity index (χ2v) is 9.11. The van der Waals surface area contributed by atoms with E-state index in [2.05, 4.69) is 5.32 Å². The number of aromatic hydroxyl groups is 1. The molecule has 0 amide bonds. The van der Waals surface area contributed by atoms with E-state index in [1.165, 1.54) is 24.6 Å². The monoisotopic (exact) mass is 443 g/mol. The predicted molar refractivity (Wildman–Crippen MR) is 129 cm³/mol. The molecule has 5 nitrogen and oxygen atoms in total. The molecule has 1 aromatic heterocycles. The average molecular weight is 444 g/mol. The Kier molecular flexibility index (Phi) is 5.97. The van der Waals surface area contributed by atoms with Crippen molar-refractivity contribution in [2.24, 2.45) is 0 Å². The van der Waals surface area contributed by atoms with Crippen molar-refractivity contribution < 1.29 is 10.2 Å². The van der Waals surface area contributed by atoms with Crippen LogP contribution in [0, 0.1) is 0 Å². The summed E-state index contributed by atoms with van der Waals surface area (Å²) in [7, 11) is 0. The van der Waals surface area contributed by atoms with Gasteiger partial charge in [0.15, 0.2) is 5.82 Å². The van der Waals surface area contributed by atoms with Crippen LogP contribution in [-0.4, -0.2) is 26.2 Å². The van der Waals surface area contributed by atoms with E-state index >= 15 is 0 Å². The van der Waals surface area contributed by atoms with Crippen LogP contribution in [0.1, 0.15) is 31.2 Å². The lowest BCUT2D eigenvalue weighted by Crippen LogP contribution is -2.16. The van der Waals surface area contributed by atoms with Gasteiger partial charge < -0.3 is 15.5 Å². The molecule has 0 bridgehead atoms. The molecular formula is C26H25N3O2S. The lowest BCUT2D eigenvalue weighted by Gasteiger charge is -2.17. The first kappa shape index (κ1) is 20.8. The number of benzene rings is 3. The second-order valence-electron chi connectivity index (χ2n) is 8.06. The van der Waals surface area contributed by atoms with Gasteiger partial charge in [-0.3, -0.25) is 0 Å². The first-order valence-corrected chi connectivity index (χ1v) is 11.8. The lowest BCUT2D eigenvalue weighted by atomic mass is 10.1. The lowest BCUT2D eigenvalue weighted by molar-refractivity contribution is 0.279. The minimum absolute atomic E-state index is 0.0615. The Labute approximate surface area is 191 Å². The zero-order valence-electron chi connectivity index (χ0n) is 17.7. The van der Waals surface area contributed by atoms with Crippen LogP contribution in [-0.2, 0) is 6.61 Å². The largest absolute Gasteiger partial charge is 0.507 e. The predicted octanol–water partition coefficient (Wildman–Crippen LogP) is 6.00. The molecule has 1 saturated carbocycles. The van der Waals surface area contributed by atoms with Crippen molar-refractivity contribution in [3.8, 4) is 17.1 Å². The van der Waals surface area contributed by atoms with E-state index in [0.717, 1.165) is 45.6 Å². The number of aliphatic hydroxyl groups excluding tert-OH is 1. The van der Waals surface area contributed by atoms with Crippen molar-refractivity contribution in [2.45, 2.75) is 48.1 Å². The summed E-state index contributed by atoms with van der Waals surface area (Å²) in [6.45, 7) is -0.0615. The Bertz CT molecular complexity index is 1260. The van der Waals surface area contributed by atoms with E-state index in [9.17, 15) is 10.2 Å². The van der Waals surface area contributed by atoms with Gasteiger partial charge in [0, 0.05) is 21.9 Å². The number of rotatable bonds is 6. The molecule has 0 spiro atoms. The number of hydrogen-bond acceptors (Lipinski definition) is 6. The van der Waals surface area contributed by atoms with Gasteiger partial charge in [-0.05, 0) is 48.7 Å². The van der Waals surface area contributed by atoms with Crippen LogP contribution in [0.2, 0.25) is 0 Å². The normalized spacial score (nSPS) is 14.2. The molecule has 0 unspecified atom stereocenters. The van der Waals surface area contributed by atoms with Gasteiger partial charge in [-0.2, -0.15) is 0 Å². The van der Waals surface area contributed by atoms with Crippen molar-refractivity contribution >= 4 is 28.5 Å². The fourth-order valence-corrected chi connectivity index (χ4v) is 5.29. The molecule has 1 fully saturated rings. The Hall–Kier alpha value is -3.09. The highest BCUT2D eigenvalue weighted by Crippen LogP contribution is 2.42. The maximum atomic E-state index is 10.7. The van der Waals surface area contributed by atoms with E-state index in [0.29, 0.717) is 16.8 Å². The highest BCUT2D eigenvalue weighted by molar-refractivity contribution is 7.99. The Morgan fingerprint density at radius 3 is 2.53 bits per heavy atom. The molecule has 5 rings (SSSR count). The zero-order valence-corrected chi connectivity index (χ0v) is 18.5. The van der Waals surface area contributed by atoms with E-state index in [-0.39, 0.29) is 12.4 Å². The van der Waals surface area contributed by atoms with E-state index < -0.39 is 0 Å². The Morgan fingerprint density at radius 2 is 1.69 bits per heavy atom. The third-order valence-electron chi connectivity index (χ3n) is 5.89. The molecule has 0 aliphatic heterocycles. The summed E-state index contributed by atoms with van der Waals surface area (Å²) in [5.74, 6) is 1.58. The van der Waals surface area contributed by atoms with Gasteiger partial charge in [0.25, 0.3) is 0 Å². The molecule has 1 heterocycles. The van der Waals surface area contributed by atoms with Gasteiger partial charge in [-0.25, -0.2) is 9.97 Å². The first-order valence-electron chi connectivity index (χ1n) is 10.9.